The van der Waals surface area contributed by atoms with E-state index < -0.39 is 7.12 Å². The van der Waals surface area contributed by atoms with Crippen LogP contribution < -0.4 is 5.46 Å². The summed E-state index contributed by atoms with van der Waals surface area (Å²) in [6, 6.07) is 17.8. The van der Waals surface area contributed by atoms with Crippen molar-refractivity contribution in [3.63, 3.8) is 0 Å². The van der Waals surface area contributed by atoms with Crippen molar-refractivity contribution in [2.75, 3.05) is 0 Å². The molecule has 0 aliphatic carbocycles. The first-order valence-corrected chi connectivity index (χ1v) is 13.1. The van der Waals surface area contributed by atoms with Gasteiger partial charge in [0.15, 0.2) is 0 Å². The first-order valence-electron chi connectivity index (χ1n) is 13.1. The summed E-state index contributed by atoms with van der Waals surface area (Å²) in [4.78, 5) is 23.1. The van der Waals surface area contributed by atoms with Crippen LogP contribution in [0.2, 0.25) is 0 Å². The molecule has 2 saturated heterocycles. The van der Waals surface area contributed by atoms with Gasteiger partial charge < -0.3 is 19.0 Å². The lowest BCUT2D eigenvalue weighted by Gasteiger charge is -2.32. The number of hydrogen-bond acceptors (Lipinski definition) is 5. The topological polar surface area (TPSA) is 76.7 Å². The SMILES string of the molecule is C[C@@H]1C[C@@H](c2ncc(-c3ccc(B4OC(C)(C)C(C)(C)O4)cc3)[nH]2)N(C(=O)OCc2ccccc2)[C@@H]1C. The zero-order valence-electron chi connectivity index (χ0n) is 22.5. The molecule has 0 radical (unpaired) electrons. The van der Waals surface area contributed by atoms with Crippen LogP contribution in [0.5, 0.6) is 0 Å². The summed E-state index contributed by atoms with van der Waals surface area (Å²) in [7, 11) is -0.395. The maximum absolute atomic E-state index is 13.1. The van der Waals surface area contributed by atoms with Crippen LogP contribution in [0.1, 0.15) is 65.4 Å². The van der Waals surface area contributed by atoms with E-state index >= 15 is 0 Å². The first-order chi connectivity index (χ1) is 17.6. The molecule has 2 aromatic carbocycles. The van der Waals surface area contributed by atoms with Gasteiger partial charge in [-0.2, -0.15) is 0 Å². The highest BCUT2D eigenvalue weighted by Crippen LogP contribution is 2.40. The molecule has 1 amide bonds. The monoisotopic (exact) mass is 501 g/mol. The molecule has 7 nitrogen and oxygen atoms in total. The molecule has 0 unspecified atom stereocenters. The summed E-state index contributed by atoms with van der Waals surface area (Å²) < 4.78 is 18.0. The maximum Gasteiger partial charge on any atom is 0.494 e. The summed E-state index contributed by atoms with van der Waals surface area (Å²) in [6.07, 6.45) is 2.35. The molecule has 2 aliphatic rings. The molecule has 5 rings (SSSR count). The Hall–Kier alpha value is -3.10. The highest BCUT2D eigenvalue weighted by Gasteiger charge is 2.51. The van der Waals surface area contributed by atoms with Crippen LogP contribution in [0.25, 0.3) is 11.3 Å². The number of imidazole rings is 1. The average molecular weight is 501 g/mol. The van der Waals surface area contributed by atoms with E-state index in [9.17, 15) is 4.79 Å². The summed E-state index contributed by atoms with van der Waals surface area (Å²) in [5, 5.41) is 0. The third-order valence-electron chi connectivity index (χ3n) is 8.27. The predicted octanol–water partition coefficient (Wildman–Crippen LogP) is 5.48. The van der Waals surface area contributed by atoms with Crippen molar-refractivity contribution in [3.05, 3.63) is 72.2 Å². The van der Waals surface area contributed by atoms with Crippen LogP contribution in [0.3, 0.4) is 0 Å². The molecule has 2 aliphatic heterocycles. The summed E-state index contributed by atoms with van der Waals surface area (Å²) in [6.45, 7) is 12.7. The summed E-state index contributed by atoms with van der Waals surface area (Å²) in [5.74, 6) is 1.11. The largest absolute Gasteiger partial charge is 0.494 e. The number of amides is 1. The zero-order valence-corrected chi connectivity index (χ0v) is 22.5. The minimum absolute atomic E-state index is 0.0565. The lowest BCUT2D eigenvalue weighted by Crippen LogP contribution is -2.41. The van der Waals surface area contributed by atoms with E-state index in [4.69, 9.17) is 14.0 Å². The highest BCUT2D eigenvalue weighted by atomic mass is 16.7. The molecule has 3 atom stereocenters. The fourth-order valence-electron chi connectivity index (χ4n) is 5.00. The Balaban J connectivity index is 1.30. The Kier molecular flexibility index (Phi) is 6.67. The lowest BCUT2D eigenvalue weighted by atomic mass is 9.79. The second-order valence-corrected chi connectivity index (χ2v) is 11.3. The van der Waals surface area contributed by atoms with E-state index in [0.717, 1.165) is 34.5 Å². The molecule has 0 spiro atoms. The fourth-order valence-corrected chi connectivity index (χ4v) is 5.00. The van der Waals surface area contributed by atoms with Gasteiger partial charge in [0, 0.05) is 6.04 Å². The number of nitrogens with zero attached hydrogens (tertiary/aromatic N) is 2. The molecular weight excluding hydrogens is 465 g/mol. The molecular formula is C29H36BN3O4. The van der Waals surface area contributed by atoms with Crippen molar-refractivity contribution in [2.24, 2.45) is 5.92 Å². The normalized spacial score (nSPS) is 24.4. The molecule has 37 heavy (non-hydrogen) atoms. The summed E-state index contributed by atoms with van der Waals surface area (Å²) >= 11 is 0. The van der Waals surface area contributed by atoms with E-state index in [1.807, 2.05) is 65.7 Å². The zero-order chi connectivity index (χ0) is 26.4. The molecule has 3 heterocycles. The number of aromatic nitrogens is 2. The molecule has 194 valence electrons. The first kappa shape index (κ1) is 25.6. The van der Waals surface area contributed by atoms with Gasteiger partial charge in [0.1, 0.15) is 12.4 Å². The number of hydrogen-bond donors (Lipinski definition) is 1. The molecule has 8 heteroatoms. The van der Waals surface area contributed by atoms with Crippen LogP contribution in [-0.4, -0.2) is 45.3 Å². The molecule has 2 fully saturated rings. The van der Waals surface area contributed by atoms with Crippen LogP contribution in [-0.2, 0) is 20.7 Å². The number of benzene rings is 2. The van der Waals surface area contributed by atoms with Crippen molar-refractivity contribution in [1.29, 1.82) is 0 Å². The number of nitrogens with one attached hydrogen (secondary N) is 1. The van der Waals surface area contributed by atoms with Gasteiger partial charge >= 0.3 is 13.2 Å². The number of carbonyl (C=O) groups excluding carboxylic acids is 1. The van der Waals surface area contributed by atoms with Crippen molar-refractivity contribution in [2.45, 2.75) is 77.9 Å². The predicted molar refractivity (Wildman–Crippen MR) is 144 cm³/mol. The Morgan fingerprint density at radius 1 is 1.05 bits per heavy atom. The van der Waals surface area contributed by atoms with Crippen LogP contribution in [0.15, 0.2) is 60.8 Å². The second kappa shape index (κ2) is 9.65. The summed E-state index contributed by atoms with van der Waals surface area (Å²) in [5.41, 5.74) is 3.11. The van der Waals surface area contributed by atoms with Gasteiger partial charge in [-0.15, -0.1) is 0 Å². The standard InChI is InChI=1S/C29H36BN3O4/c1-19-16-25(33(20(19)2)27(34)35-18-21-10-8-7-9-11-21)26-31-17-24(32-26)22-12-14-23(15-13-22)30-36-28(3,4)29(5,6)37-30/h7-15,17,19-20,25H,16,18H2,1-6H3,(H,31,32)/t19-,20-,25+/m1/s1. The van der Waals surface area contributed by atoms with Crippen LogP contribution in [0.4, 0.5) is 4.79 Å². The van der Waals surface area contributed by atoms with Gasteiger partial charge in [0.25, 0.3) is 0 Å². The third kappa shape index (κ3) is 4.92. The van der Waals surface area contributed by atoms with Gasteiger partial charge in [-0.25, -0.2) is 9.78 Å². The second-order valence-electron chi connectivity index (χ2n) is 11.3. The Labute approximate surface area is 219 Å². The van der Waals surface area contributed by atoms with Gasteiger partial charge in [0.05, 0.1) is 29.1 Å². The smallest absolute Gasteiger partial charge is 0.445 e. The number of carbonyl (C=O) groups is 1. The molecule has 0 bridgehead atoms. The van der Waals surface area contributed by atoms with E-state index in [2.05, 4.69) is 51.5 Å². The number of rotatable bonds is 5. The average Bonchev–Trinajstić information content (AvgIpc) is 3.53. The van der Waals surface area contributed by atoms with E-state index in [0.29, 0.717) is 5.92 Å². The Bertz CT molecular complexity index is 1230. The molecule has 0 saturated carbocycles. The van der Waals surface area contributed by atoms with Gasteiger partial charge in [0.2, 0.25) is 0 Å². The van der Waals surface area contributed by atoms with Crippen molar-refractivity contribution in [3.8, 4) is 11.3 Å². The van der Waals surface area contributed by atoms with Gasteiger partial charge in [-0.3, -0.25) is 4.90 Å². The van der Waals surface area contributed by atoms with Gasteiger partial charge in [-0.05, 0) is 63.5 Å². The lowest BCUT2D eigenvalue weighted by molar-refractivity contribution is 0.00578. The van der Waals surface area contributed by atoms with E-state index in [1.165, 1.54) is 0 Å². The quantitative estimate of drug-likeness (QED) is 0.469. The number of likely N-dealkylation sites (tertiary alicyclic amines) is 1. The van der Waals surface area contributed by atoms with Crippen LogP contribution in [0, 0.1) is 5.92 Å². The number of aromatic amines is 1. The van der Waals surface area contributed by atoms with E-state index in [1.54, 1.807) is 0 Å². The molecule has 1 aromatic heterocycles. The van der Waals surface area contributed by atoms with Crippen LogP contribution >= 0.6 is 0 Å². The van der Waals surface area contributed by atoms with Gasteiger partial charge in [-0.1, -0.05) is 61.5 Å². The van der Waals surface area contributed by atoms with Crippen molar-refractivity contribution >= 4 is 18.7 Å². The fraction of sp³-hybridized carbons (Fsp3) is 0.448. The van der Waals surface area contributed by atoms with Crippen molar-refractivity contribution < 1.29 is 18.8 Å². The Morgan fingerprint density at radius 2 is 1.70 bits per heavy atom. The van der Waals surface area contributed by atoms with Crippen molar-refractivity contribution in [1.82, 2.24) is 14.9 Å². The minimum atomic E-state index is -0.395. The number of H-pyrrole nitrogens is 1. The number of ether oxygens (including phenoxy) is 1. The maximum atomic E-state index is 13.1. The third-order valence-corrected chi connectivity index (χ3v) is 8.27. The highest BCUT2D eigenvalue weighted by molar-refractivity contribution is 6.62. The Morgan fingerprint density at radius 3 is 2.35 bits per heavy atom. The molecule has 1 N–H and O–H groups in total. The minimum Gasteiger partial charge on any atom is -0.445 e. The molecule has 3 aromatic rings. The van der Waals surface area contributed by atoms with E-state index in [-0.39, 0.29) is 36.0 Å².